The Kier molecular flexibility index (Phi) is 9.35. The first-order chi connectivity index (χ1) is 23.7. The zero-order valence-electron chi connectivity index (χ0n) is 28.9. The number of methoxy groups -OCH3 is 1. The summed E-state index contributed by atoms with van der Waals surface area (Å²) in [5.41, 5.74) is 3.32. The Balaban J connectivity index is 1.17. The monoisotopic (exact) mass is 694 g/mol. The molecule has 0 aliphatic carbocycles. The highest BCUT2D eigenvalue weighted by Gasteiger charge is 2.42. The van der Waals surface area contributed by atoms with E-state index in [9.17, 15) is 14.4 Å². The lowest BCUT2D eigenvalue weighted by Gasteiger charge is -2.26. The predicted octanol–water partition coefficient (Wildman–Crippen LogP) is 8.24. The van der Waals surface area contributed by atoms with Crippen LogP contribution < -0.4 is 19.3 Å². The third kappa shape index (κ3) is 6.40. The van der Waals surface area contributed by atoms with Crippen molar-refractivity contribution in [3.63, 3.8) is 0 Å². The number of nitrogens with zero attached hydrogens (tertiary/aromatic N) is 2. The molecule has 0 aromatic heterocycles. The second-order valence-electron chi connectivity index (χ2n) is 13.1. The van der Waals surface area contributed by atoms with Crippen molar-refractivity contribution in [1.29, 1.82) is 0 Å². The van der Waals surface area contributed by atoms with Crippen molar-refractivity contribution >= 4 is 40.7 Å². The van der Waals surface area contributed by atoms with Crippen LogP contribution in [0.4, 0.5) is 11.4 Å². The smallest absolute Gasteiger partial charge is 0.266 e. The number of carbonyl (C=O) groups is 3. The number of halogens is 1. The number of benzene rings is 4. The molecule has 2 aliphatic heterocycles. The molecule has 3 amide bonds. The number of fused-ring (bicyclic) bond motifs is 1. The Morgan fingerprint density at radius 2 is 1.42 bits per heavy atom. The van der Waals surface area contributed by atoms with Gasteiger partial charge in [0.05, 0.1) is 27.8 Å². The van der Waals surface area contributed by atoms with Crippen molar-refractivity contribution in [2.45, 2.75) is 57.3 Å². The van der Waals surface area contributed by atoms with Crippen molar-refractivity contribution in [1.82, 2.24) is 0 Å². The fraction of sp³-hybridized carbons (Fsp3) is 0.275. The van der Waals surface area contributed by atoms with Crippen LogP contribution in [0.25, 0.3) is 0 Å². The summed E-state index contributed by atoms with van der Waals surface area (Å²) in [4.78, 5) is 41.9. The third-order valence-electron chi connectivity index (χ3n) is 9.59. The van der Waals surface area contributed by atoms with Gasteiger partial charge in [0.15, 0.2) is 6.29 Å². The van der Waals surface area contributed by atoms with Crippen molar-refractivity contribution in [3.05, 3.63) is 125 Å². The summed E-state index contributed by atoms with van der Waals surface area (Å²) in [5.74, 6) is 0.353. The number of ether oxygens (including phenoxy) is 4. The topological polar surface area (TPSA) is 94.6 Å². The summed E-state index contributed by atoms with van der Waals surface area (Å²) in [5, 5.41) is 0. The summed E-state index contributed by atoms with van der Waals surface area (Å²) in [7, 11) is 1.60. The Labute approximate surface area is 297 Å². The lowest BCUT2D eigenvalue weighted by molar-refractivity contribution is -0.115. The lowest BCUT2D eigenvalue weighted by Crippen LogP contribution is -2.37. The molecule has 258 valence electrons. The number of carbonyl (C=O) groups excluding carboxylic acids is 3. The molecule has 0 bridgehead atoms. The quantitative estimate of drug-likeness (QED) is 0.0754. The molecule has 0 N–H and O–H groups in total. The van der Waals surface area contributed by atoms with Crippen molar-refractivity contribution < 1.29 is 33.3 Å². The average Bonchev–Trinajstić information content (AvgIpc) is 3.32. The minimum Gasteiger partial charge on any atom is -0.465 e. The normalized spacial score (nSPS) is 20.1. The van der Waals surface area contributed by atoms with Gasteiger partial charge in [-0.05, 0) is 92.6 Å². The molecule has 0 saturated carbocycles. The van der Waals surface area contributed by atoms with E-state index < -0.39 is 28.7 Å². The van der Waals surface area contributed by atoms with Crippen LogP contribution in [0, 0.1) is 0 Å². The van der Waals surface area contributed by atoms with Gasteiger partial charge in [-0.3, -0.25) is 19.3 Å². The van der Waals surface area contributed by atoms with Crippen LogP contribution in [-0.4, -0.2) is 48.8 Å². The zero-order valence-corrected chi connectivity index (χ0v) is 29.6. The highest BCUT2D eigenvalue weighted by molar-refractivity contribution is 6.34. The van der Waals surface area contributed by atoms with Gasteiger partial charge in [0.25, 0.3) is 17.7 Å². The van der Waals surface area contributed by atoms with Crippen LogP contribution in [-0.2, 0) is 19.7 Å². The Hall–Kier alpha value is -4.96. The lowest BCUT2D eigenvalue weighted by atomic mass is 9.78. The number of anilines is 2. The molecule has 0 spiro atoms. The van der Waals surface area contributed by atoms with Gasteiger partial charge in [-0.15, -0.1) is 11.6 Å². The fourth-order valence-corrected chi connectivity index (χ4v) is 6.10. The molecule has 1 saturated heterocycles. The second kappa shape index (κ2) is 13.4. The number of amides is 3. The summed E-state index contributed by atoms with van der Waals surface area (Å²) < 4.78 is 22.9. The van der Waals surface area contributed by atoms with Gasteiger partial charge in [0.2, 0.25) is 0 Å². The molecule has 50 heavy (non-hydrogen) atoms. The van der Waals surface area contributed by atoms with E-state index in [0.717, 1.165) is 21.8 Å². The molecule has 4 aromatic rings. The number of hydrogen-bond acceptors (Lipinski definition) is 7. The number of rotatable bonds is 9. The highest BCUT2D eigenvalue weighted by Crippen LogP contribution is 2.38. The van der Waals surface area contributed by atoms with Gasteiger partial charge < -0.3 is 18.9 Å². The molecule has 1 fully saturated rings. The number of imide groups is 1. The molecular weight excluding hydrogens is 656 g/mol. The zero-order chi connectivity index (χ0) is 36.0. The van der Waals surface area contributed by atoms with Crippen molar-refractivity contribution in [3.8, 4) is 17.2 Å². The second-order valence-corrected chi connectivity index (χ2v) is 13.9. The number of hydrogen-bond donors (Lipinski definition) is 0. The van der Waals surface area contributed by atoms with E-state index in [0.29, 0.717) is 22.9 Å². The minimum atomic E-state index is -1.09. The van der Waals surface area contributed by atoms with E-state index in [2.05, 4.69) is 20.4 Å². The SMILES string of the molecule is C=C1C(=O)N(c2cccc(N3C(=O)c4ccc(Oc5ccc(C(C)(C)c6ccc(OC(C)OC)cc6)cc5)cc4C3=O)c2)COC(C)C1(C)Cl. The van der Waals surface area contributed by atoms with Gasteiger partial charge >= 0.3 is 0 Å². The molecule has 3 atom stereocenters. The van der Waals surface area contributed by atoms with E-state index in [-0.39, 0.29) is 35.1 Å². The summed E-state index contributed by atoms with van der Waals surface area (Å²) in [6.07, 6.45) is -0.809. The minimum absolute atomic E-state index is 0.0662. The fourth-order valence-electron chi connectivity index (χ4n) is 5.96. The molecule has 3 unspecified atom stereocenters. The van der Waals surface area contributed by atoms with E-state index in [1.807, 2.05) is 55.5 Å². The molecular formula is C40H39ClN2O7. The maximum absolute atomic E-state index is 13.7. The molecule has 2 heterocycles. The van der Waals surface area contributed by atoms with Crippen LogP contribution in [0.5, 0.6) is 17.2 Å². The first kappa shape index (κ1) is 34.9. The van der Waals surface area contributed by atoms with Gasteiger partial charge in [-0.1, -0.05) is 50.8 Å². The van der Waals surface area contributed by atoms with E-state index in [1.165, 1.54) is 4.90 Å². The van der Waals surface area contributed by atoms with Crippen LogP contribution in [0.15, 0.2) is 103 Å². The number of alkyl halides is 1. The maximum Gasteiger partial charge on any atom is 0.266 e. The van der Waals surface area contributed by atoms with Gasteiger partial charge in [-0.2, -0.15) is 0 Å². The van der Waals surface area contributed by atoms with Crippen LogP contribution in [0.2, 0.25) is 0 Å². The van der Waals surface area contributed by atoms with E-state index in [1.54, 1.807) is 63.4 Å². The largest absolute Gasteiger partial charge is 0.465 e. The standard InChI is InChI=1S/C40H39ClN2O7/c1-24-36(44)42(23-48-25(2)40(24,6)41)29-9-8-10-30(21-29)43-37(45)34-20-19-33(22-35(34)38(43)46)50-32-17-13-28(14-18-32)39(4,5)27-11-15-31(16-12-27)49-26(3)47-7/h8-22,25-26H,1,23H2,2-7H3. The molecule has 10 heteroatoms. The van der Waals surface area contributed by atoms with Crippen molar-refractivity contribution in [2.24, 2.45) is 0 Å². The summed E-state index contributed by atoms with van der Waals surface area (Å²) >= 11 is 6.59. The van der Waals surface area contributed by atoms with E-state index >= 15 is 0 Å². The van der Waals surface area contributed by atoms with Gasteiger partial charge in [0, 0.05) is 23.8 Å². The highest BCUT2D eigenvalue weighted by atomic mass is 35.5. The molecule has 2 aliphatic rings. The van der Waals surface area contributed by atoms with Gasteiger partial charge in [0.1, 0.15) is 24.0 Å². The van der Waals surface area contributed by atoms with Crippen molar-refractivity contribution in [2.75, 3.05) is 23.6 Å². The van der Waals surface area contributed by atoms with Crippen LogP contribution in [0.3, 0.4) is 0 Å². The summed E-state index contributed by atoms with van der Waals surface area (Å²) in [6, 6.07) is 27.2. The molecule has 4 aromatic carbocycles. The van der Waals surface area contributed by atoms with Crippen LogP contribution >= 0.6 is 11.6 Å². The first-order valence-electron chi connectivity index (χ1n) is 16.3. The predicted molar refractivity (Wildman–Crippen MR) is 193 cm³/mol. The third-order valence-corrected chi connectivity index (χ3v) is 10.1. The first-order valence-corrected chi connectivity index (χ1v) is 16.6. The molecule has 6 rings (SSSR count). The molecule has 0 radical (unpaired) electrons. The maximum atomic E-state index is 13.7. The van der Waals surface area contributed by atoms with Gasteiger partial charge in [-0.25, -0.2) is 4.90 Å². The summed E-state index contributed by atoms with van der Waals surface area (Å²) in [6.45, 7) is 13.5. The Morgan fingerprint density at radius 1 is 0.840 bits per heavy atom. The Bertz CT molecular complexity index is 1970. The average molecular weight is 695 g/mol. The Morgan fingerprint density at radius 3 is 2.06 bits per heavy atom. The molecule has 9 nitrogen and oxygen atoms in total. The van der Waals surface area contributed by atoms with Crippen LogP contribution in [0.1, 0.15) is 66.5 Å². The van der Waals surface area contributed by atoms with E-state index in [4.69, 9.17) is 30.5 Å².